The number of carboxylic acids is 1. The molecular weight excluding hydrogens is 520 g/mol. The Hall–Kier alpha value is -4.70. The van der Waals surface area contributed by atoms with Crippen LogP contribution in [-0.4, -0.2) is 30.2 Å². The van der Waals surface area contributed by atoms with Gasteiger partial charge in [-0.25, -0.2) is 9.79 Å². The number of esters is 1. The van der Waals surface area contributed by atoms with Crippen molar-refractivity contribution in [1.82, 2.24) is 4.57 Å². The Morgan fingerprint density at radius 3 is 2.56 bits per heavy atom. The number of hydrogen-bond acceptors (Lipinski definition) is 9. The molecule has 1 atom stereocenters. The highest BCUT2D eigenvalue weighted by Gasteiger charge is 2.33. The zero-order chi connectivity index (χ0) is 27.7. The fourth-order valence-electron chi connectivity index (χ4n) is 4.47. The van der Waals surface area contributed by atoms with Crippen LogP contribution in [0.25, 0.3) is 17.4 Å². The Morgan fingerprint density at radius 1 is 1.13 bits per heavy atom. The summed E-state index contributed by atoms with van der Waals surface area (Å²) in [5.41, 5.74) is 1.44. The number of hydrogen-bond donors (Lipinski definition) is 0. The molecule has 2 aromatic heterocycles. The minimum atomic E-state index is -1.32. The van der Waals surface area contributed by atoms with Gasteiger partial charge in [0.2, 0.25) is 0 Å². The second-order valence-corrected chi connectivity index (χ2v) is 9.62. The highest BCUT2D eigenvalue weighted by molar-refractivity contribution is 7.07. The summed E-state index contributed by atoms with van der Waals surface area (Å²) in [5.74, 6) is -0.547. The zero-order valence-electron chi connectivity index (χ0n) is 21.3. The lowest BCUT2D eigenvalue weighted by atomic mass is 9.96. The number of carboxylic acid groups (broad SMARTS) is 1. The molecule has 0 saturated carbocycles. The van der Waals surface area contributed by atoms with E-state index in [4.69, 9.17) is 13.9 Å². The monoisotopic (exact) mass is 543 g/mol. The lowest BCUT2D eigenvalue weighted by Gasteiger charge is -2.24. The molecule has 0 N–H and O–H groups in total. The van der Waals surface area contributed by atoms with E-state index >= 15 is 0 Å². The molecule has 1 aliphatic rings. The number of fused-ring (bicyclic) bond motifs is 1. The summed E-state index contributed by atoms with van der Waals surface area (Å²) in [5, 5.41) is 11.5. The van der Waals surface area contributed by atoms with E-state index in [0.29, 0.717) is 43.4 Å². The molecule has 4 aromatic rings. The summed E-state index contributed by atoms with van der Waals surface area (Å²) in [6.07, 6.45) is 1.57. The summed E-state index contributed by atoms with van der Waals surface area (Å²) in [4.78, 5) is 43.2. The number of nitrogens with zero attached hydrogens (tertiary/aromatic N) is 2. The maximum absolute atomic E-state index is 13.7. The van der Waals surface area contributed by atoms with Crippen LogP contribution in [0.15, 0.2) is 86.1 Å². The Morgan fingerprint density at radius 2 is 1.87 bits per heavy atom. The summed E-state index contributed by atoms with van der Waals surface area (Å²) in [7, 11) is 1.56. The van der Waals surface area contributed by atoms with E-state index in [-0.39, 0.29) is 23.3 Å². The van der Waals surface area contributed by atoms with Crippen LogP contribution in [0.2, 0.25) is 0 Å². The fourth-order valence-corrected chi connectivity index (χ4v) is 5.50. The Kier molecular flexibility index (Phi) is 7.03. The molecule has 3 heterocycles. The normalized spacial score (nSPS) is 15.1. The van der Waals surface area contributed by atoms with Gasteiger partial charge >= 0.3 is 5.97 Å². The molecule has 0 spiro atoms. The highest BCUT2D eigenvalue weighted by atomic mass is 32.1. The van der Waals surface area contributed by atoms with Crippen molar-refractivity contribution in [2.75, 3.05) is 13.7 Å². The lowest BCUT2D eigenvalue weighted by molar-refractivity contribution is -0.255. The average Bonchev–Trinajstić information content (AvgIpc) is 3.52. The first-order chi connectivity index (χ1) is 18.8. The number of carbonyl (C=O) groups excluding carboxylic acids is 2. The number of allylic oxidation sites excluding steroid dienone is 1. The van der Waals surface area contributed by atoms with Gasteiger partial charge < -0.3 is 23.8 Å². The topological polar surface area (TPSA) is 123 Å². The third kappa shape index (κ3) is 4.82. The molecule has 0 unspecified atom stereocenters. The predicted octanol–water partition coefficient (Wildman–Crippen LogP) is 2.43. The summed E-state index contributed by atoms with van der Waals surface area (Å²) >= 11 is 1.16. The van der Waals surface area contributed by atoms with Gasteiger partial charge in [0, 0.05) is 17.2 Å². The quantitative estimate of drug-likeness (QED) is 0.328. The van der Waals surface area contributed by atoms with Crippen LogP contribution < -0.4 is 24.7 Å². The van der Waals surface area contributed by atoms with Crippen molar-refractivity contribution in [3.05, 3.63) is 109 Å². The van der Waals surface area contributed by atoms with Gasteiger partial charge in [0.05, 0.1) is 41.5 Å². The first kappa shape index (κ1) is 25.9. The van der Waals surface area contributed by atoms with Crippen LogP contribution >= 0.6 is 11.3 Å². The fraction of sp³-hybridized carbons (Fsp3) is 0.172. The lowest BCUT2D eigenvalue weighted by Crippen LogP contribution is -2.39. The second kappa shape index (κ2) is 10.6. The molecule has 0 fully saturated rings. The van der Waals surface area contributed by atoms with Crippen molar-refractivity contribution < 1.29 is 28.6 Å². The molecule has 2 aromatic carbocycles. The number of aromatic nitrogens is 1. The van der Waals surface area contributed by atoms with E-state index in [2.05, 4.69) is 4.99 Å². The molecule has 0 saturated heterocycles. The van der Waals surface area contributed by atoms with Crippen LogP contribution in [0.5, 0.6) is 5.75 Å². The van der Waals surface area contributed by atoms with E-state index in [0.717, 1.165) is 11.3 Å². The summed E-state index contributed by atoms with van der Waals surface area (Å²) in [6, 6.07) is 16.0. The number of aromatic carboxylic acids is 1. The van der Waals surface area contributed by atoms with Gasteiger partial charge in [-0.1, -0.05) is 47.7 Å². The molecule has 10 heteroatoms. The first-order valence-corrected chi connectivity index (χ1v) is 12.9. The molecule has 198 valence electrons. The van der Waals surface area contributed by atoms with E-state index in [1.807, 2.05) is 0 Å². The maximum atomic E-state index is 13.7. The van der Waals surface area contributed by atoms with Crippen LogP contribution in [0.4, 0.5) is 0 Å². The number of furan rings is 1. The molecule has 5 rings (SSSR count). The van der Waals surface area contributed by atoms with Gasteiger partial charge in [0.15, 0.2) is 4.80 Å². The number of rotatable bonds is 7. The van der Waals surface area contributed by atoms with Gasteiger partial charge in [-0.2, -0.15) is 0 Å². The van der Waals surface area contributed by atoms with E-state index < -0.39 is 18.0 Å². The van der Waals surface area contributed by atoms with E-state index in [9.17, 15) is 19.5 Å². The van der Waals surface area contributed by atoms with E-state index in [1.54, 1.807) is 81.6 Å². The van der Waals surface area contributed by atoms with Crippen molar-refractivity contribution in [2.45, 2.75) is 19.9 Å². The van der Waals surface area contributed by atoms with Crippen LogP contribution in [0.3, 0.4) is 0 Å². The highest BCUT2D eigenvalue weighted by Crippen LogP contribution is 2.32. The smallest absolute Gasteiger partial charge is 0.338 e. The standard InChI is InChI=1S/C29H24N2O7S/c1-4-37-28(35)24-16(2)30-29-31(25(24)17-9-11-18(36-3)12-10-17)26(32)23(39-29)15-19-13-14-22(38-19)20-7-5-6-8-21(20)27(33)34/h5-15,25H,4H2,1-3H3,(H,33,34)/p-1/t25-/m0/s1. The minimum absolute atomic E-state index is 0.000708. The molecule has 9 nitrogen and oxygen atoms in total. The molecule has 1 aliphatic heterocycles. The van der Waals surface area contributed by atoms with Gasteiger partial charge in [-0.15, -0.1) is 0 Å². The van der Waals surface area contributed by atoms with Gasteiger partial charge in [0.25, 0.3) is 5.56 Å². The molecule has 39 heavy (non-hydrogen) atoms. The first-order valence-electron chi connectivity index (χ1n) is 12.1. The van der Waals surface area contributed by atoms with Crippen molar-refractivity contribution >= 4 is 29.4 Å². The van der Waals surface area contributed by atoms with Crippen molar-refractivity contribution in [3.8, 4) is 17.1 Å². The summed E-state index contributed by atoms with van der Waals surface area (Å²) < 4.78 is 18.3. The summed E-state index contributed by atoms with van der Waals surface area (Å²) in [6.45, 7) is 3.61. The van der Waals surface area contributed by atoms with Gasteiger partial charge in [-0.05, 0) is 43.7 Å². The molecule has 0 bridgehead atoms. The Labute approximate surface area is 226 Å². The van der Waals surface area contributed by atoms with Crippen molar-refractivity contribution in [2.24, 2.45) is 4.99 Å². The SMILES string of the molecule is CCOC(=O)C1=C(C)N=c2sc(=Cc3ccc(-c4ccccc4C(=O)[O-])o3)c(=O)n2[C@H]1c1ccc(OC)cc1. The molecule has 0 amide bonds. The number of benzene rings is 2. The predicted molar refractivity (Wildman–Crippen MR) is 142 cm³/mol. The van der Waals surface area contributed by atoms with Crippen LogP contribution in [0.1, 0.15) is 41.6 Å². The molecule has 0 aliphatic carbocycles. The number of methoxy groups -OCH3 is 1. The van der Waals surface area contributed by atoms with Crippen LogP contribution in [0, 0.1) is 0 Å². The zero-order valence-corrected chi connectivity index (χ0v) is 22.1. The molecule has 0 radical (unpaired) electrons. The largest absolute Gasteiger partial charge is 0.545 e. The third-order valence-electron chi connectivity index (χ3n) is 6.26. The van der Waals surface area contributed by atoms with Gasteiger partial charge in [0.1, 0.15) is 17.3 Å². The molecular formula is C29H23N2O7S-. The number of carbonyl (C=O) groups is 2. The average molecular weight is 544 g/mol. The van der Waals surface area contributed by atoms with Gasteiger partial charge in [-0.3, -0.25) is 9.36 Å². The van der Waals surface area contributed by atoms with E-state index in [1.165, 1.54) is 10.6 Å². The second-order valence-electron chi connectivity index (χ2n) is 8.61. The maximum Gasteiger partial charge on any atom is 0.338 e. The number of ether oxygens (including phenoxy) is 2. The third-order valence-corrected chi connectivity index (χ3v) is 7.24. The van der Waals surface area contributed by atoms with Crippen molar-refractivity contribution in [3.63, 3.8) is 0 Å². The Bertz CT molecular complexity index is 1790. The number of thiazole rings is 1. The van der Waals surface area contributed by atoms with Crippen molar-refractivity contribution in [1.29, 1.82) is 0 Å². The Balaban J connectivity index is 1.63. The van der Waals surface area contributed by atoms with Crippen LogP contribution in [-0.2, 0) is 9.53 Å². The minimum Gasteiger partial charge on any atom is -0.545 e.